The fraction of sp³-hybridized carbons (Fsp3) is 0.333. The van der Waals surface area contributed by atoms with Gasteiger partial charge in [-0.15, -0.1) is 0 Å². The van der Waals surface area contributed by atoms with Crippen molar-refractivity contribution in [3.8, 4) is 5.75 Å². The molecule has 0 atom stereocenters. The largest absolute Gasteiger partial charge is 0.489 e. The second-order valence-electron chi connectivity index (χ2n) is 6.73. The van der Waals surface area contributed by atoms with Gasteiger partial charge >= 0.3 is 0 Å². The molecule has 2 aromatic carbocycles. The maximum atomic E-state index is 11.8. The minimum Gasteiger partial charge on any atom is -0.489 e. The summed E-state index contributed by atoms with van der Waals surface area (Å²) in [4.78, 5) is 28.4. The second kappa shape index (κ2) is 11.1. The predicted molar refractivity (Wildman–Crippen MR) is 103 cm³/mol. The second-order valence-corrected chi connectivity index (χ2v) is 6.73. The molecule has 0 fully saturated rings. The van der Waals surface area contributed by atoms with Crippen LogP contribution in [-0.2, 0) is 27.6 Å². The van der Waals surface area contributed by atoms with Crippen molar-refractivity contribution >= 4 is 11.8 Å². The van der Waals surface area contributed by atoms with E-state index in [2.05, 4.69) is 5.32 Å². The van der Waals surface area contributed by atoms with Gasteiger partial charge in [-0.2, -0.15) is 0 Å². The van der Waals surface area contributed by atoms with Gasteiger partial charge in [0, 0.05) is 6.54 Å². The van der Waals surface area contributed by atoms with E-state index >= 15 is 0 Å². The van der Waals surface area contributed by atoms with Gasteiger partial charge in [0.15, 0.2) is 0 Å². The Morgan fingerprint density at radius 3 is 2.29 bits per heavy atom. The lowest BCUT2D eigenvalue weighted by Crippen LogP contribution is -2.35. The van der Waals surface area contributed by atoms with Crippen LogP contribution in [0.25, 0.3) is 0 Å². The Balaban J connectivity index is 1.73. The first-order valence-corrected chi connectivity index (χ1v) is 9.11. The average molecular weight is 386 g/mol. The van der Waals surface area contributed by atoms with Gasteiger partial charge in [-0.3, -0.25) is 14.8 Å². The molecule has 7 heteroatoms. The van der Waals surface area contributed by atoms with Gasteiger partial charge in [0.1, 0.15) is 25.4 Å². The molecule has 7 nitrogen and oxygen atoms in total. The maximum absolute atomic E-state index is 11.8. The zero-order chi connectivity index (χ0) is 20.4. The molecule has 2 N–H and O–H groups in total. The summed E-state index contributed by atoms with van der Waals surface area (Å²) in [5, 5.41) is 12.3. The predicted octanol–water partition coefficient (Wildman–Crippen LogP) is 3.08. The van der Waals surface area contributed by atoms with Crippen molar-refractivity contribution in [3.05, 3.63) is 65.7 Å². The zero-order valence-electron chi connectivity index (χ0n) is 16.1. The molecule has 150 valence electrons. The summed E-state index contributed by atoms with van der Waals surface area (Å²) in [6.45, 7) is 4.81. The van der Waals surface area contributed by atoms with Crippen LogP contribution >= 0.6 is 0 Å². The third-order valence-electron chi connectivity index (χ3n) is 3.76. The summed E-state index contributed by atoms with van der Waals surface area (Å²) in [6.07, 6.45) is -0.477. The Morgan fingerprint density at radius 2 is 1.64 bits per heavy atom. The van der Waals surface area contributed by atoms with Crippen molar-refractivity contribution in [2.75, 3.05) is 6.54 Å². The number of rotatable bonds is 10. The number of carbonyl (C=O) groups is 2. The van der Waals surface area contributed by atoms with Crippen molar-refractivity contribution in [2.24, 2.45) is 5.92 Å². The summed E-state index contributed by atoms with van der Waals surface area (Å²) in [5.41, 5.74) is 1.81. The Hall–Kier alpha value is -2.90. The topological polar surface area (TPSA) is 88.1 Å². The molecule has 0 radical (unpaired) electrons. The standard InChI is InChI=1S/C21H26N2O5/c1-16(2)13-22-20(24)12-21(25)23(26)28-15-18-8-10-19(11-9-18)27-14-17-6-4-3-5-7-17/h3-11,16,26H,12-15H2,1-2H3,(H,22,24). The number of benzene rings is 2. The number of nitrogens with zero attached hydrogens (tertiary/aromatic N) is 1. The molecule has 0 bridgehead atoms. The van der Waals surface area contributed by atoms with Crippen molar-refractivity contribution < 1.29 is 24.4 Å². The third-order valence-corrected chi connectivity index (χ3v) is 3.76. The summed E-state index contributed by atoms with van der Waals surface area (Å²) < 4.78 is 5.70. The fourth-order valence-electron chi connectivity index (χ4n) is 2.22. The Bertz CT molecular complexity index is 747. The highest BCUT2D eigenvalue weighted by molar-refractivity contribution is 5.95. The van der Waals surface area contributed by atoms with Crippen LogP contribution in [0.15, 0.2) is 54.6 Å². The summed E-state index contributed by atoms with van der Waals surface area (Å²) >= 11 is 0. The highest BCUT2D eigenvalue weighted by Gasteiger charge is 2.17. The van der Waals surface area contributed by atoms with Gasteiger partial charge < -0.3 is 10.1 Å². The Morgan fingerprint density at radius 1 is 1.00 bits per heavy atom. The van der Waals surface area contributed by atoms with Gasteiger partial charge in [0.25, 0.3) is 5.91 Å². The number of ether oxygens (including phenoxy) is 1. The van der Waals surface area contributed by atoms with E-state index in [-0.39, 0.29) is 17.8 Å². The van der Waals surface area contributed by atoms with Gasteiger partial charge in [0.05, 0.1) is 0 Å². The van der Waals surface area contributed by atoms with E-state index in [0.29, 0.717) is 18.9 Å². The maximum Gasteiger partial charge on any atom is 0.282 e. The van der Waals surface area contributed by atoms with Crippen molar-refractivity contribution in [3.63, 3.8) is 0 Å². The number of hydrogen-bond acceptors (Lipinski definition) is 5. The first kappa shape index (κ1) is 21.4. The summed E-state index contributed by atoms with van der Waals surface area (Å²) in [5.74, 6) is -0.308. The molecule has 0 aromatic heterocycles. The van der Waals surface area contributed by atoms with Crippen LogP contribution in [0.5, 0.6) is 5.75 Å². The summed E-state index contributed by atoms with van der Waals surface area (Å²) in [6, 6.07) is 16.9. The van der Waals surface area contributed by atoms with Crippen molar-refractivity contribution in [1.29, 1.82) is 0 Å². The number of amides is 2. The quantitative estimate of drug-likeness (QED) is 0.372. The van der Waals surface area contributed by atoms with E-state index < -0.39 is 18.2 Å². The zero-order valence-corrected chi connectivity index (χ0v) is 16.1. The van der Waals surface area contributed by atoms with E-state index in [1.807, 2.05) is 44.2 Å². The third kappa shape index (κ3) is 7.77. The van der Waals surface area contributed by atoms with E-state index in [0.717, 1.165) is 11.1 Å². The molecule has 28 heavy (non-hydrogen) atoms. The average Bonchev–Trinajstić information content (AvgIpc) is 2.70. The van der Waals surface area contributed by atoms with Crippen LogP contribution in [0.2, 0.25) is 0 Å². The number of carbonyl (C=O) groups excluding carboxylic acids is 2. The molecule has 0 unspecified atom stereocenters. The lowest BCUT2D eigenvalue weighted by molar-refractivity contribution is -0.321. The first-order chi connectivity index (χ1) is 13.4. The minimum absolute atomic E-state index is 0.0190. The molecule has 0 spiro atoms. The molecule has 0 saturated heterocycles. The van der Waals surface area contributed by atoms with Gasteiger partial charge in [-0.1, -0.05) is 61.5 Å². The van der Waals surface area contributed by atoms with Crippen LogP contribution in [0, 0.1) is 5.92 Å². The first-order valence-electron chi connectivity index (χ1n) is 9.11. The van der Waals surface area contributed by atoms with Gasteiger partial charge in [-0.25, -0.2) is 4.84 Å². The highest BCUT2D eigenvalue weighted by Crippen LogP contribution is 2.15. The van der Waals surface area contributed by atoms with Crippen molar-refractivity contribution in [2.45, 2.75) is 33.5 Å². The number of nitrogens with one attached hydrogen (secondary N) is 1. The van der Waals surface area contributed by atoms with Crippen molar-refractivity contribution in [1.82, 2.24) is 10.5 Å². The fourth-order valence-corrected chi connectivity index (χ4v) is 2.22. The molecule has 0 aliphatic heterocycles. The SMILES string of the molecule is CC(C)CNC(=O)CC(=O)N(O)OCc1ccc(OCc2ccccc2)cc1. The molecular weight excluding hydrogens is 360 g/mol. The Labute approximate surface area is 164 Å². The lowest BCUT2D eigenvalue weighted by atomic mass is 10.2. The highest BCUT2D eigenvalue weighted by atomic mass is 16.9. The van der Waals surface area contributed by atoms with Gasteiger partial charge in [-0.05, 0) is 29.2 Å². The Kier molecular flexibility index (Phi) is 8.45. The van der Waals surface area contributed by atoms with Crippen LogP contribution in [-0.4, -0.2) is 28.8 Å². The van der Waals surface area contributed by atoms with E-state index in [1.165, 1.54) is 0 Å². The number of hydroxylamine groups is 2. The lowest BCUT2D eigenvalue weighted by Gasteiger charge is -2.15. The molecule has 2 amide bonds. The van der Waals surface area contributed by atoms with E-state index in [4.69, 9.17) is 9.57 Å². The molecule has 0 aliphatic rings. The van der Waals surface area contributed by atoms with E-state index in [9.17, 15) is 14.8 Å². The van der Waals surface area contributed by atoms with E-state index in [1.54, 1.807) is 24.3 Å². The molecule has 2 aromatic rings. The summed E-state index contributed by atoms with van der Waals surface area (Å²) in [7, 11) is 0. The van der Waals surface area contributed by atoms with Crippen LogP contribution in [0.3, 0.4) is 0 Å². The molecule has 0 saturated carbocycles. The number of hydrogen-bond donors (Lipinski definition) is 2. The monoisotopic (exact) mass is 386 g/mol. The van der Waals surface area contributed by atoms with Crippen LogP contribution in [0.1, 0.15) is 31.4 Å². The molecule has 2 rings (SSSR count). The normalized spacial score (nSPS) is 10.6. The molecule has 0 aliphatic carbocycles. The van der Waals surface area contributed by atoms with Gasteiger partial charge in [0.2, 0.25) is 5.91 Å². The van der Waals surface area contributed by atoms with Crippen LogP contribution < -0.4 is 10.1 Å². The molecular formula is C21H26N2O5. The molecule has 0 heterocycles. The van der Waals surface area contributed by atoms with Crippen LogP contribution in [0.4, 0.5) is 0 Å². The minimum atomic E-state index is -0.830. The smallest absolute Gasteiger partial charge is 0.282 e.